The van der Waals surface area contributed by atoms with Crippen LogP contribution in [-0.4, -0.2) is 24.3 Å². The normalized spacial score (nSPS) is 22.9. The second-order valence-electron chi connectivity index (χ2n) is 5.81. The van der Waals surface area contributed by atoms with Gasteiger partial charge >= 0.3 is 0 Å². The third-order valence-electron chi connectivity index (χ3n) is 4.36. The van der Waals surface area contributed by atoms with Gasteiger partial charge in [-0.15, -0.1) is 0 Å². The Balaban J connectivity index is 1.46. The Morgan fingerprint density at radius 2 is 2.00 bits per heavy atom. The van der Waals surface area contributed by atoms with Crippen molar-refractivity contribution in [3.05, 3.63) is 18.2 Å². The topological polar surface area (TPSA) is 42.9 Å². The highest BCUT2D eigenvalue weighted by molar-refractivity contribution is 8.14. The van der Waals surface area contributed by atoms with Crippen molar-refractivity contribution in [2.24, 2.45) is 10.4 Å². The molecular formula is C15H18N2O2S. The highest BCUT2D eigenvalue weighted by atomic mass is 32.2. The zero-order valence-corrected chi connectivity index (χ0v) is 12.2. The lowest BCUT2D eigenvalue weighted by molar-refractivity contribution is 0.174. The monoisotopic (exact) mass is 290 g/mol. The molecular weight excluding hydrogens is 272 g/mol. The van der Waals surface area contributed by atoms with E-state index in [1.165, 1.54) is 31.4 Å². The summed E-state index contributed by atoms with van der Waals surface area (Å²) in [5, 5.41) is 4.42. The molecule has 1 aromatic carbocycles. The van der Waals surface area contributed by atoms with E-state index in [2.05, 4.69) is 5.32 Å². The fraction of sp³-hybridized carbons (Fsp3) is 0.533. The van der Waals surface area contributed by atoms with Crippen molar-refractivity contribution in [1.82, 2.24) is 0 Å². The van der Waals surface area contributed by atoms with Gasteiger partial charge in [-0.05, 0) is 30.4 Å². The molecule has 0 aromatic heterocycles. The first-order chi connectivity index (χ1) is 9.83. The number of benzene rings is 1. The number of rotatable bonds is 1. The van der Waals surface area contributed by atoms with Gasteiger partial charge in [-0.3, -0.25) is 4.99 Å². The molecule has 0 saturated heterocycles. The van der Waals surface area contributed by atoms with Crippen molar-refractivity contribution in [3.8, 4) is 11.5 Å². The Kier molecular flexibility index (Phi) is 3.02. The second-order valence-corrected chi connectivity index (χ2v) is 6.77. The maximum Gasteiger partial charge on any atom is 0.231 e. The predicted octanol–water partition coefficient (Wildman–Crippen LogP) is 3.49. The molecule has 4 rings (SSSR count). The zero-order chi connectivity index (χ0) is 13.4. The smallest absolute Gasteiger partial charge is 0.231 e. The molecule has 2 heterocycles. The van der Waals surface area contributed by atoms with Crippen molar-refractivity contribution in [3.63, 3.8) is 0 Å². The van der Waals surface area contributed by atoms with E-state index >= 15 is 0 Å². The fourth-order valence-electron chi connectivity index (χ4n) is 3.15. The summed E-state index contributed by atoms with van der Waals surface area (Å²) in [4.78, 5) is 4.75. The summed E-state index contributed by atoms with van der Waals surface area (Å²) in [5.41, 5.74) is 1.51. The lowest BCUT2D eigenvalue weighted by atomic mass is 9.89. The fourth-order valence-corrected chi connectivity index (χ4v) is 4.32. The Bertz CT molecular complexity index is 553. The lowest BCUT2D eigenvalue weighted by Gasteiger charge is -2.31. The van der Waals surface area contributed by atoms with Crippen LogP contribution in [0.5, 0.6) is 11.5 Å². The van der Waals surface area contributed by atoms with Gasteiger partial charge in [0.05, 0.1) is 0 Å². The molecule has 20 heavy (non-hydrogen) atoms. The van der Waals surface area contributed by atoms with E-state index in [4.69, 9.17) is 14.5 Å². The summed E-state index contributed by atoms with van der Waals surface area (Å²) in [5.74, 6) is 2.82. The number of nitrogens with zero attached hydrogens (tertiary/aromatic N) is 1. The van der Waals surface area contributed by atoms with Gasteiger partial charge in [0, 0.05) is 24.1 Å². The van der Waals surface area contributed by atoms with Gasteiger partial charge in [-0.1, -0.05) is 24.6 Å². The summed E-state index contributed by atoms with van der Waals surface area (Å²) >= 11 is 1.85. The minimum atomic E-state index is 0.316. The number of anilines is 1. The first kappa shape index (κ1) is 12.4. The van der Waals surface area contributed by atoms with Gasteiger partial charge in [0.1, 0.15) is 0 Å². The number of ether oxygens (including phenoxy) is 2. The van der Waals surface area contributed by atoms with Gasteiger partial charge in [0.15, 0.2) is 16.7 Å². The van der Waals surface area contributed by atoms with E-state index in [-0.39, 0.29) is 0 Å². The number of nitrogens with one attached hydrogen (secondary N) is 1. The van der Waals surface area contributed by atoms with Crippen LogP contribution in [0, 0.1) is 5.41 Å². The van der Waals surface area contributed by atoms with Crippen LogP contribution < -0.4 is 14.8 Å². The number of hydrogen-bond acceptors (Lipinski definition) is 5. The van der Waals surface area contributed by atoms with Crippen LogP contribution in [0.2, 0.25) is 0 Å². The van der Waals surface area contributed by atoms with Crippen LogP contribution in [0.25, 0.3) is 0 Å². The van der Waals surface area contributed by atoms with E-state index in [1.807, 2.05) is 30.0 Å². The molecule has 0 amide bonds. The standard InChI is InChI=1S/C15H18N2O2S/c1-2-6-15(5-1)8-16-14(20-9-15)17-11-3-4-12-13(7-11)19-10-18-12/h3-4,7H,1-2,5-6,8-10H2,(H,16,17). The van der Waals surface area contributed by atoms with Crippen LogP contribution >= 0.6 is 11.8 Å². The van der Waals surface area contributed by atoms with Gasteiger partial charge < -0.3 is 14.8 Å². The van der Waals surface area contributed by atoms with Crippen molar-refractivity contribution in [1.29, 1.82) is 0 Å². The summed E-state index contributed by atoms with van der Waals surface area (Å²) in [6.45, 7) is 1.30. The van der Waals surface area contributed by atoms with Crippen LogP contribution in [-0.2, 0) is 0 Å². The van der Waals surface area contributed by atoms with Crippen molar-refractivity contribution in [2.75, 3.05) is 24.4 Å². The van der Waals surface area contributed by atoms with Crippen molar-refractivity contribution < 1.29 is 9.47 Å². The zero-order valence-electron chi connectivity index (χ0n) is 11.4. The summed E-state index contributed by atoms with van der Waals surface area (Å²) in [6, 6.07) is 5.93. The van der Waals surface area contributed by atoms with E-state index in [1.54, 1.807) is 0 Å². The van der Waals surface area contributed by atoms with Crippen molar-refractivity contribution >= 4 is 22.6 Å². The summed E-state index contributed by atoms with van der Waals surface area (Å²) < 4.78 is 10.7. The van der Waals surface area contributed by atoms with E-state index in [0.717, 1.165) is 28.9 Å². The number of fused-ring (bicyclic) bond motifs is 1. The minimum Gasteiger partial charge on any atom is -0.454 e. The molecule has 5 heteroatoms. The molecule has 1 N–H and O–H groups in total. The van der Waals surface area contributed by atoms with Crippen molar-refractivity contribution in [2.45, 2.75) is 25.7 Å². The van der Waals surface area contributed by atoms with Crippen LogP contribution in [0.15, 0.2) is 23.2 Å². The first-order valence-corrected chi connectivity index (χ1v) is 8.16. The largest absolute Gasteiger partial charge is 0.454 e. The summed E-state index contributed by atoms with van der Waals surface area (Å²) in [7, 11) is 0. The predicted molar refractivity (Wildman–Crippen MR) is 81.8 cm³/mol. The molecule has 0 bridgehead atoms. The number of aliphatic imine (C=N–C) groups is 1. The van der Waals surface area contributed by atoms with Gasteiger partial charge in [-0.25, -0.2) is 0 Å². The maximum atomic E-state index is 5.40. The molecule has 2 aliphatic heterocycles. The third-order valence-corrected chi connectivity index (χ3v) is 5.62. The Morgan fingerprint density at radius 1 is 1.15 bits per heavy atom. The molecule has 4 nitrogen and oxygen atoms in total. The quantitative estimate of drug-likeness (QED) is 0.859. The molecule has 0 radical (unpaired) electrons. The molecule has 1 aromatic rings. The highest BCUT2D eigenvalue weighted by Crippen LogP contribution is 2.43. The Morgan fingerprint density at radius 3 is 2.80 bits per heavy atom. The van der Waals surface area contributed by atoms with Crippen LogP contribution in [0.3, 0.4) is 0 Å². The maximum absolute atomic E-state index is 5.40. The molecule has 0 atom stereocenters. The van der Waals surface area contributed by atoms with Gasteiger partial charge in [-0.2, -0.15) is 0 Å². The number of thioether (sulfide) groups is 1. The second kappa shape index (κ2) is 4.88. The lowest BCUT2D eigenvalue weighted by Crippen LogP contribution is -2.30. The SMILES string of the molecule is c1cc2c(cc1NC1=NCC3(CCCC3)CS1)OCO2. The molecule has 0 unspecified atom stereocenters. The third kappa shape index (κ3) is 2.24. The highest BCUT2D eigenvalue weighted by Gasteiger charge is 2.36. The molecule has 1 spiro atoms. The molecule has 1 aliphatic carbocycles. The number of amidine groups is 1. The first-order valence-electron chi connectivity index (χ1n) is 7.17. The molecule has 1 saturated carbocycles. The minimum absolute atomic E-state index is 0.316. The average Bonchev–Trinajstić information content (AvgIpc) is 3.11. The van der Waals surface area contributed by atoms with Gasteiger partial charge in [0.2, 0.25) is 6.79 Å². The average molecular weight is 290 g/mol. The molecule has 3 aliphatic rings. The van der Waals surface area contributed by atoms with E-state index in [9.17, 15) is 0 Å². The summed E-state index contributed by atoms with van der Waals surface area (Å²) in [6.07, 6.45) is 5.45. The van der Waals surface area contributed by atoms with Crippen LogP contribution in [0.4, 0.5) is 5.69 Å². The molecule has 106 valence electrons. The van der Waals surface area contributed by atoms with Crippen LogP contribution in [0.1, 0.15) is 25.7 Å². The van der Waals surface area contributed by atoms with E-state index < -0.39 is 0 Å². The molecule has 1 fully saturated rings. The van der Waals surface area contributed by atoms with E-state index in [0.29, 0.717) is 12.2 Å². The number of hydrogen-bond donors (Lipinski definition) is 1. The van der Waals surface area contributed by atoms with Gasteiger partial charge in [0.25, 0.3) is 0 Å². The Hall–Kier alpha value is -1.36. The Labute approximate surface area is 122 Å².